The highest BCUT2D eigenvalue weighted by Crippen LogP contribution is 1.85. The fourth-order valence-corrected chi connectivity index (χ4v) is 0.544. The predicted molar refractivity (Wildman–Crippen MR) is 39.9 cm³/mol. The number of rotatable bonds is 4. The van der Waals surface area contributed by atoms with Crippen molar-refractivity contribution in [3.05, 3.63) is 0 Å². The Kier molecular flexibility index (Phi) is 5.35. The van der Waals surface area contributed by atoms with Crippen LogP contribution in [-0.2, 0) is 14.3 Å². The lowest BCUT2D eigenvalue weighted by molar-refractivity contribution is -0.145. The lowest BCUT2D eigenvalue weighted by atomic mass is 10.4. The van der Waals surface area contributed by atoms with Crippen molar-refractivity contribution >= 4 is 11.9 Å². The summed E-state index contributed by atoms with van der Waals surface area (Å²) in [7, 11) is 0. The largest absolute Gasteiger partial charge is 0.466 e. The molecule has 1 amide bonds. The second kappa shape index (κ2) is 6.16. The number of amides is 1. The van der Waals surface area contributed by atoms with Crippen LogP contribution >= 0.6 is 0 Å². The molecule has 0 aliphatic carbocycles. The van der Waals surface area contributed by atoms with Crippen molar-refractivity contribution in [2.24, 2.45) is 0 Å². The highest BCUT2D eigenvalue weighted by molar-refractivity contribution is 5.94. The highest BCUT2D eigenvalue weighted by atomic mass is 16.5. The molecule has 0 fully saturated rings. The molecule has 0 saturated carbocycles. The summed E-state index contributed by atoms with van der Waals surface area (Å²) < 4.78 is 4.51. The van der Waals surface area contributed by atoms with E-state index in [0.29, 0.717) is 0 Å². The first kappa shape index (κ1) is 10.4. The minimum Gasteiger partial charge on any atom is -0.466 e. The fraction of sp³-hybridized carbons (Fsp3) is 0.571. The molecule has 12 heavy (non-hydrogen) atoms. The number of carbonyl (C=O) groups excluding carboxylic acids is 2. The molecule has 0 spiro atoms. The molecular weight excluding hydrogens is 160 g/mol. The van der Waals surface area contributed by atoms with Crippen LogP contribution in [0.15, 0.2) is 0 Å². The van der Waals surface area contributed by atoms with Gasteiger partial charge in [-0.15, -0.1) is 0 Å². The third-order valence-corrected chi connectivity index (χ3v) is 0.975. The maximum absolute atomic E-state index is 10.7. The average molecular weight is 170 g/mol. The van der Waals surface area contributed by atoms with Gasteiger partial charge in [-0.3, -0.25) is 9.59 Å². The molecule has 0 aromatic carbocycles. The average Bonchev–Trinajstić information content (AvgIpc) is 2.01. The van der Waals surface area contributed by atoms with Gasteiger partial charge < -0.3 is 10.1 Å². The van der Waals surface area contributed by atoms with E-state index in [4.69, 9.17) is 5.26 Å². The standard InChI is InChI=1S/C7H10N2O3/c1-2-12-7(11)5-6(10)9-4-3-8/h2,4-5H2,1H3,(H,9,10). The Labute approximate surface area is 70.3 Å². The van der Waals surface area contributed by atoms with Crippen LogP contribution in [-0.4, -0.2) is 25.0 Å². The van der Waals surface area contributed by atoms with Crippen LogP contribution in [0.25, 0.3) is 0 Å². The molecule has 1 N–H and O–H groups in total. The molecule has 0 aromatic heterocycles. The van der Waals surface area contributed by atoms with Crippen molar-refractivity contribution in [1.82, 2.24) is 5.32 Å². The SMILES string of the molecule is CCOC(=O)CC(=O)NCC#N. The Balaban J connectivity index is 3.56. The van der Waals surface area contributed by atoms with E-state index < -0.39 is 11.9 Å². The van der Waals surface area contributed by atoms with Crippen LogP contribution in [0, 0.1) is 11.3 Å². The van der Waals surface area contributed by atoms with Crippen LogP contribution in [0.4, 0.5) is 0 Å². The lowest BCUT2D eigenvalue weighted by Crippen LogP contribution is -2.26. The number of nitrogens with zero attached hydrogens (tertiary/aromatic N) is 1. The van der Waals surface area contributed by atoms with Crippen LogP contribution in [0.3, 0.4) is 0 Å². The lowest BCUT2D eigenvalue weighted by Gasteiger charge is -2.00. The van der Waals surface area contributed by atoms with E-state index in [1.165, 1.54) is 0 Å². The summed E-state index contributed by atoms with van der Waals surface area (Å²) in [5, 5.41) is 10.3. The summed E-state index contributed by atoms with van der Waals surface area (Å²) in [5.41, 5.74) is 0. The summed E-state index contributed by atoms with van der Waals surface area (Å²) in [6.45, 7) is 1.83. The monoisotopic (exact) mass is 170 g/mol. The Morgan fingerprint density at radius 3 is 2.75 bits per heavy atom. The highest BCUT2D eigenvalue weighted by Gasteiger charge is 2.08. The number of carbonyl (C=O) groups is 2. The Bertz CT molecular complexity index is 207. The molecule has 0 unspecified atom stereocenters. The molecule has 66 valence electrons. The molecule has 0 bridgehead atoms. The number of nitrogens with one attached hydrogen (secondary N) is 1. The van der Waals surface area contributed by atoms with Crippen LogP contribution in [0.5, 0.6) is 0 Å². The number of esters is 1. The molecule has 0 atom stereocenters. The third-order valence-electron chi connectivity index (χ3n) is 0.975. The van der Waals surface area contributed by atoms with Gasteiger partial charge in [-0.2, -0.15) is 5.26 Å². The van der Waals surface area contributed by atoms with Gasteiger partial charge in [-0.1, -0.05) is 0 Å². The van der Waals surface area contributed by atoms with Crippen LogP contribution in [0.2, 0.25) is 0 Å². The van der Waals surface area contributed by atoms with Crippen molar-refractivity contribution in [2.75, 3.05) is 13.2 Å². The first-order chi connectivity index (χ1) is 5.70. The number of hydrogen-bond acceptors (Lipinski definition) is 4. The molecule has 0 radical (unpaired) electrons. The smallest absolute Gasteiger partial charge is 0.315 e. The van der Waals surface area contributed by atoms with Gasteiger partial charge in [0.1, 0.15) is 13.0 Å². The molecule has 0 rings (SSSR count). The van der Waals surface area contributed by atoms with Crippen molar-refractivity contribution in [3.63, 3.8) is 0 Å². The summed E-state index contributed by atoms with van der Waals surface area (Å²) in [5.74, 6) is -1.07. The van der Waals surface area contributed by atoms with Gasteiger partial charge in [0.25, 0.3) is 0 Å². The second-order valence-corrected chi connectivity index (χ2v) is 1.92. The van der Waals surface area contributed by atoms with E-state index in [2.05, 4.69) is 10.1 Å². The molecule has 0 aliphatic heterocycles. The van der Waals surface area contributed by atoms with Crippen LogP contribution < -0.4 is 5.32 Å². The summed E-state index contributed by atoms with van der Waals surface area (Å²) >= 11 is 0. The van der Waals surface area contributed by atoms with E-state index in [1.54, 1.807) is 13.0 Å². The van der Waals surface area contributed by atoms with Crippen molar-refractivity contribution in [3.8, 4) is 6.07 Å². The second-order valence-electron chi connectivity index (χ2n) is 1.92. The van der Waals surface area contributed by atoms with E-state index in [0.717, 1.165) is 0 Å². The number of hydrogen-bond donors (Lipinski definition) is 1. The molecule has 5 nitrogen and oxygen atoms in total. The zero-order chi connectivity index (χ0) is 9.40. The summed E-state index contributed by atoms with van der Waals surface area (Å²) in [6, 6.07) is 1.72. The number of nitriles is 1. The van der Waals surface area contributed by atoms with Crippen molar-refractivity contribution in [2.45, 2.75) is 13.3 Å². The molecular formula is C7H10N2O3. The third kappa shape index (κ3) is 5.23. The van der Waals surface area contributed by atoms with E-state index >= 15 is 0 Å². The van der Waals surface area contributed by atoms with Gasteiger partial charge in [-0.05, 0) is 6.92 Å². The van der Waals surface area contributed by atoms with E-state index in [-0.39, 0.29) is 19.6 Å². The van der Waals surface area contributed by atoms with Gasteiger partial charge in [0.15, 0.2) is 0 Å². The van der Waals surface area contributed by atoms with Gasteiger partial charge in [0.05, 0.1) is 12.7 Å². The van der Waals surface area contributed by atoms with Crippen molar-refractivity contribution in [1.29, 1.82) is 5.26 Å². The van der Waals surface area contributed by atoms with Gasteiger partial charge in [0, 0.05) is 0 Å². The Hall–Kier alpha value is -1.57. The van der Waals surface area contributed by atoms with Gasteiger partial charge in [-0.25, -0.2) is 0 Å². The zero-order valence-corrected chi connectivity index (χ0v) is 6.79. The van der Waals surface area contributed by atoms with Gasteiger partial charge in [0.2, 0.25) is 5.91 Å². The van der Waals surface area contributed by atoms with Crippen molar-refractivity contribution < 1.29 is 14.3 Å². The van der Waals surface area contributed by atoms with Crippen LogP contribution in [0.1, 0.15) is 13.3 Å². The maximum atomic E-state index is 10.7. The minimum absolute atomic E-state index is 0.0851. The number of ether oxygens (including phenoxy) is 1. The normalized spacial score (nSPS) is 8.33. The predicted octanol–water partition coefficient (Wildman–Crippen LogP) is -0.421. The molecule has 5 heteroatoms. The quantitative estimate of drug-likeness (QED) is 0.353. The maximum Gasteiger partial charge on any atom is 0.315 e. The summed E-state index contributed by atoms with van der Waals surface area (Å²) in [6.07, 6.45) is -0.324. The first-order valence-corrected chi connectivity index (χ1v) is 3.50. The van der Waals surface area contributed by atoms with Gasteiger partial charge >= 0.3 is 5.97 Å². The molecule has 0 saturated heterocycles. The molecule has 0 aliphatic rings. The summed E-state index contributed by atoms with van der Waals surface area (Å²) in [4.78, 5) is 21.4. The molecule has 0 heterocycles. The fourth-order valence-electron chi connectivity index (χ4n) is 0.544. The van der Waals surface area contributed by atoms with E-state index in [9.17, 15) is 9.59 Å². The zero-order valence-electron chi connectivity index (χ0n) is 6.79. The Morgan fingerprint density at radius 2 is 2.25 bits per heavy atom. The van der Waals surface area contributed by atoms with E-state index in [1.807, 2.05) is 0 Å². The topological polar surface area (TPSA) is 79.2 Å². The Morgan fingerprint density at radius 1 is 1.58 bits per heavy atom. The first-order valence-electron chi connectivity index (χ1n) is 3.50. The molecule has 0 aromatic rings. The minimum atomic E-state index is -0.576.